The van der Waals surface area contributed by atoms with E-state index in [9.17, 15) is 9.59 Å². The van der Waals surface area contributed by atoms with Gasteiger partial charge in [-0.25, -0.2) is 4.79 Å². The van der Waals surface area contributed by atoms with Gasteiger partial charge in [-0.1, -0.05) is 48.5 Å². The Balaban J connectivity index is 1.56. The Labute approximate surface area is 182 Å². The molecule has 0 fully saturated rings. The van der Waals surface area contributed by atoms with Crippen molar-refractivity contribution in [2.45, 2.75) is 52.5 Å². The van der Waals surface area contributed by atoms with Gasteiger partial charge in [-0.15, -0.1) is 0 Å². The van der Waals surface area contributed by atoms with Crippen molar-refractivity contribution in [2.75, 3.05) is 6.54 Å². The van der Waals surface area contributed by atoms with Gasteiger partial charge in [0.05, 0.1) is 6.54 Å². The number of benzene rings is 2. The number of hydrogen-bond donors (Lipinski definition) is 0. The Morgan fingerprint density at radius 2 is 1.71 bits per heavy atom. The number of hydrogen-bond acceptors (Lipinski definition) is 4. The van der Waals surface area contributed by atoms with Crippen LogP contribution in [0.15, 0.2) is 54.6 Å². The number of para-hydroxylation sites is 1. The number of amides is 1. The highest BCUT2D eigenvalue weighted by Crippen LogP contribution is 2.31. The summed E-state index contributed by atoms with van der Waals surface area (Å²) in [6.07, 6.45) is 0.376. The minimum Gasteiger partial charge on any atom is -0.459 e. The molecular weight excluding hydrogens is 392 g/mol. The lowest BCUT2D eigenvalue weighted by Crippen LogP contribution is -2.37. The van der Waals surface area contributed by atoms with Crippen molar-refractivity contribution in [3.63, 3.8) is 0 Å². The van der Waals surface area contributed by atoms with Gasteiger partial charge in [0.2, 0.25) is 0 Å². The summed E-state index contributed by atoms with van der Waals surface area (Å²) in [7, 11) is 0. The van der Waals surface area contributed by atoms with Crippen LogP contribution in [-0.2, 0) is 40.4 Å². The molecule has 6 nitrogen and oxygen atoms in total. The van der Waals surface area contributed by atoms with Crippen LogP contribution in [0.1, 0.15) is 37.6 Å². The third-order valence-electron chi connectivity index (χ3n) is 5.34. The van der Waals surface area contributed by atoms with Gasteiger partial charge in [-0.05, 0) is 44.4 Å². The summed E-state index contributed by atoms with van der Waals surface area (Å²) in [5.74, 6) is -0.292. The van der Waals surface area contributed by atoms with Gasteiger partial charge in [0.1, 0.15) is 18.8 Å². The maximum absolute atomic E-state index is 12.7. The van der Waals surface area contributed by atoms with E-state index < -0.39 is 5.60 Å². The average Bonchev–Trinajstić information content (AvgIpc) is 3.04. The van der Waals surface area contributed by atoms with Crippen molar-refractivity contribution in [1.82, 2.24) is 9.47 Å². The van der Waals surface area contributed by atoms with Crippen LogP contribution < -0.4 is 0 Å². The van der Waals surface area contributed by atoms with E-state index in [1.54, 1.807) is 4.90 Å². The molecule has 0 atom stereocenters. The van der Waals surface area contributed by atoms with Gasteiger partial charge in [0.15, 0.2) is 0 Å². The van der Waals surface area contributed by atoms with E-state index in [-0.39, 0.29) is 25.2 Å². The molecule has 4 rings (SSSR count). The molecule has 0 saturated heterocycles. The van der Waals surface area contributed by atoms with Crippen LogP contribution in [0, 0.1) is 0 Å². The van der Waals surface area contributed by atoms with Crippen molar-refractivity contribution in [2.24, 2.45) is 0 Å². The zero-order valence-electron chi connectivity index (χ0n) is 18.3. The Kier molecular flexibility index (Phi) is 5.72. The summed E-state index contributed by atoms with van der Waals surface area (Å²) >= 11 is 0. The summed E-state index contributed by atoms with van der Waals surface area (Å²) in [5.41, 5.74) is 3.54. The standard InChI is InChI=1S/C25H28N2O4/c1-25(2,3)31-23(28)16-27-21-12-8-7-11-19(21)20-13-14-26(15-22(20)27)24(29)30-17-18-9-5-4-6-10-18/h4-12H,13-17H2,1-3H3. The summed E-state index contributed by atoms with van der Waals surface area (Å²) in [5, 5.41) is 1.12. The summed E-state index contributed by atoms with van der Waals surface area (Å²) < 4.78 is 13.1. The quantitative estimate of drug-likeness (QED) is 0.575. The first-order valence-corrected chi connectivity index (χ1v) is 10.6. The van der Waals surface area contributed by atoms with Crippen LogP contribution in [0.2, 0.25) is 0 Å². The molecule has 1 aliphatic rings. The van der Waals surface area contributed by atoms with Gasteiger partial charge >= 0.3 is 12.1 Å². The fourth-order valence-electron chi connectivity index (χ4n) is 4.04. The molecule has 0 spiro atoms. The highest BCUT2D eigenvalue weighted by Gasteiger charge is 2.28. The molecule has 6 heteroatoms. The molecular formula is C25H28N2O4. The normalized spacial score (nSPS) is 13.7. The smallest absolute Gasteiger partial charge is 0.410 e. The second-order valence-corrected chi connectivity index (χ2v) is 8.83. The monoisotopic (exact) mass is 420 g/mol. The number of ether oxygens (including phenoxy) is 2. The number of nitrogens with zero attached hydrogens (tertiary/aromatic N) is 2. The highest BCUT2D eigenvalue weighted by molar-refractivity contribution is 5.87. The molecule has 3 aromatic rings. The van der Waals surface area contributed by atoms with Crippen LogP contribution >= 0.6 is 0 Å². The molecule has 31 heavy (non-hydrogen) atoms. The average molecular weight is 421 g/mol. The zero-order chi connectivity index (χ0) is 22.0. The van der Waals surface area contributed by atoms with E-state index in [2.05, 4.69) is 6.07 Å². The molecule has 162 valence electrons. The topological polar surface area (TPSA) is 60.8 Å². The van der Waals surface area contributed by atoms with E-state index in [0.717, 1.165) is 28.6 Å². The minimum absolute atomic E-state index is 0.111. The lowest BCUT2D eigenvalue weighted by molar-refractivity contribution is -0.155. The fourth-order valence-corrected chi connectivity index (χ4v) is 4.04. The summed E-state index contributed by atoms with van der Waals surface area (Å²) in [4.78, 5) is 27.0. The predicted octanol–water partition coefficient (Wildman–Crippen LogP) is 4.68. The van der Waals surface area contributed by atoms with Crippen LogP contribution in [-0.4, -0.2) is 33.7 Å². The first-order valence-electron chi connectivity index (χ1n) is 10.6. The molecule has 0 bridgehead atoms. The van der Waals surface area contributed by atoms with E-state index in [1.165, 1.54) is 5.56 Å². The van der Waals surface area contributed by atoms with Gasteiger partial charge < -0.3 is 18.9 Å². The molecule has 1 amide bonds. The number of esters is 1. The largest absolute Gasteiger partial charge is 0.459 e. The Morgan fingerprint density at radius 3 is 2.45 bits per heavy atom. The summed E-state index contributed by atoms with van der Waals surface area (Å²) in [6, 6.07) is 17.7. The van der Waals surface area contributed by atoms with E-state index in [1.807, 2.05) is 73.9 Å². The van der Waals surface area contributed by atoms with E-state index >= 15 is 0 Å². The molecule has 0 aliphatic carbocycles. The number of carbonyl (C=O) groups is 2. The van der Waals surface area contributed by atoms with E-state index in [4.69, 9.17) is 9.47 Å². The molecule has 2 aromatic carbocycles. The number of aromatic nitrogens is 1. The van der Waals surface area contributed by atoms with Crippen molar-refractivity contribution >= 4 is 23.0 Å². The van der Waals surface area contributed by atoms with Crippen molar-refractivity contribution in [1.29, 1.82) is 0 Å². The Bertz CT molecular complexity index is 1100. The van der Waals surface area contributed by atoms with Crippen molar-refractivity contribution in [3.05, 3.63) is 71.4 Å². The highest BCUT2D eigenvalue weighted by atomic mass is 16.6. The SMILES string of the molecule is CC(C)(C)OC(=O)Cn1c2c(c3ccccc31)CCN(C(=O)OCc1ccccc1)C2. The number of rotatable bonds is 4. The van der Waals surface area contributed by atoms with Gasteiger partial charge in [0.25, 0.3) is 0 Å². The molecule has 0 radical (unpaired) electrons. The van der Waals surface area contributed by atoms with Gasteiger partial charge in [0, 0.05) is 23.1 Å². The fraction of sp³-hybridized carbons (Fsp3) is 0.360. The van der Waals surface area contributed by atoms with Gasteiger partial charge in [-0.3, -0.25) is 4.79 Å². The first kappa shape index (κ1) is 21.0. The van der Waals surface area contributed by atoms with E-state index in [0.29, 0.717) is 13.1 Å². The maximum atomic E-state index is 12.7. The lowest BCUT2D eigenvalue weighted by atomic mass is 10.0. The second-order valence-electron chi connectivity index (χ2n) is 8.83. The third kappa shape index (κ3) is 4.74. The Hall–Kier alpha value is -3.28. The van der Waals surface area contributed by atoms with Crippen LogP contribution in [0.25, 0.3) is 10.9 Å². The second kappa shape index (κ2) is 8.46. The summed E-state index contributed by atoms with van der Waals surface area (Å²) in [6.45, 7) is 6.92. The molecule has 1 aliphatic heterocycles. The molecule has 2 heterocycles. The molecule has 1 aromatic heterocycles. The lowest BCUT2D eigenvalue weighted by Gasteiger charge is -2.28. The Morgan fingerprint density at radius 1 is 1.00 bits per heavy atom. The predicted molar refractivity (Wildman–Crippen MR) is 119 cm³/mol. The minimum atomic E-state index is -0.548. The molecule has 0 unspecified atom stereocenters. The number of fused-ring (bicyclic) bond motifs is 3. The molecule has 0 N–H and O–H groups in total. The zero-order valence-corrected chi connectivity index (χ0v) is 18.3. The first-order chi connectivity index (χ1) is 14.8. The molecule has 0 saturated carbocycles. The van der Waals surface area contributed by atoms with Crippen LogP contribution in [0.4, 0.5) is 4.79 Å². The van der Waals surface area contributed by atoms with Gasteiger partial charge in [-0.2, -0.15) is 0 Å². The maximum Gasteiger partial charge on any atom is 0.410 e. The van der Waals surface area contributed by atoms with Crippen LogP contribution in [0.5, 0.6) is 0 Å². The third-order valence-corrected chi connectivity index (χ3v) is 5.34. The van der Waals surface area contributed by atoms with Crippen molar-refractivity contribution < 1.29 is 19.1 Å². The van der Waals surface area contributed by atoms with Crippen molar-refractivity contribution in [3.8, 4) is 0 Å². The van der Waals surface area contributed by atoms with Crippen LogP contribution in [0.3, 0.4) is 0 Å². The number of carbonyl (C=O) groups excluding carboxylic acids is 2.